The number of hydrogen-bond donors (Lipinski definition) is 1. The molecule has 1 aromatic rings. The molecule has 1 aliphatic carbocycles. The lowest BCUT2D eigenvalue weighted by Crippen LogP contribution is -2.10. The van der Waals surface area contributed by atoms with Gasteiger partial charge in [0.1, 0.15) is 0 Å². The van der Waals surface area contributed by atoms with Gasteiger partial charge >= 0.3 is 0 Å². The zero-order valence-corrected chi connectivity index (χ0v) is 8.26. The molecule has 1 saturated carbocycles. The highest BCUT2D eigenvalue weighted by Gasteiger charge is 2.29. The van der Waals surface area contributed by atoms with Gasteiger partial charge in [-0.3, -0.25) is 9.78 Å². The number of Topliss-reactive ketones (excluding diaryl/α,β-unsaturated/α-hetero) is 1. The van der Waals surface area contributed by atoms with Crippen molar-refractivity contribution in [2.24, 2.45) is 11.1 Å². The Balaban J connectivity index is 2.03. The maximum absolute atomic E-state index is 11.7. The first-order chi connectivity index (χ1) is 7.31. The topological polar surface area (TPSA) is 62.5 Å². The molecule has 0 aromatic carbocycles. The molecule has 15 heavy (non-hydrogen) atoms. The van der Waals surface area contributed by atoms with Crippen molar-refractivity contribution in [3.8, 4) is 0 Å². The summed E-state index contributed by atoms with van der Waals surface area (Å²) < 4.78 is 0. The second-order valence-corrected chi connectivity index (χ2v) is 3.71. The molecule has 0 aliphatic heterocycles. The zero-order chi connectivity index (χ0) is 10.7. The summed E-state index contributed by atoms with van der Waals surface area (Å²) in [7, 11) is 0. The third-order valence-electron chi connectivity index (χ3n) is 2.50. The molecule has 1 aromatic heterocycles. The van der Waals surface area contributed by atoms with Crippen LogP contribution >= 0.6 is 0 Å². The minimum absolute atomic E-state index is 0.0391. The van der Waals surface area contributed by atoms with Crippen molar-refractivity contribution in [3.63, 3.8) is 0 Å². The molecule has 1 heterocycles. The third-order valence-corrected chi connectivity index (χ3v) is 2.50. The SMILES string of the molecule is O=C(C/C(=N/O)C1CC1)c1cccnc1. The van der Waals surface area contributed by atoms with Crippen LogP contribution < -0.4 is 0 Å². The fraction of sp³-hybridized carbons (Fsp3) is 0.364. The van der Waals surface area contributed by atoms with Crippen molar-refractivity contribution < 1.29 is 10.0 Å². The minimum atomic E-state index is -0.0391. The molecule has 0 bridgehead atoms. The fourth-order valence-electron chi connectivity index (χ4n) is 1.47. The van der Waals surface area contributed by atoms with Crippen LogP contribution in [0.2, 0.25) is 0 Å². The minimum Gasteiger partial charge on any atom is -0.411 e. The summed E-state index contributed by atoms with van der Waals surface area (Å²) in [6.07, 6.45) is 5.41. The molecule has 4 nitrogen and oxygen atoms in total. The van der Waals surface area contributed by atoms with Crippen molar-refractivity contribution in [1.29, 1.82) is 0 Å². The predicted molar refractivity (Wildman–Crippen MR) is 55.1 cm³/mol. The van der Waals surface area contributed by atoms with Gasteiger partial charge in [0, 0.05) is 23.9 Å². The van der Waals surface area contributed by atoms with E-state index < -0.39 is 0 Å². The number of carbonyl (C=O) groups excluding carboxylic acids is 1. The molecule has 0 saturated heterocycles. The van der Waals surface area contributed by atoms with Gasteiger partial charge in [0.05, 0.1) is 12.1 Å². The van der Waals surface area contributed by atoms with E-state index in [9.17, 15) is 4.79 Å². The van der Waals surface area contributed by atoms with Crippen LogP contribution in [0.15, 0.2) is 29.7 Å². The van der Waals surface area contributed by atoms with Crippen molar-refractivity contribution in [2.75, 3.05) is 0 Å². The molecule has 0 spiro atoms. The van der Waals surface area contributed by atoms with Crippen LogP contribution in [0, 0.1) is 5.92 Å². The van der Waals surface area contributed by atoms with Gasteiger partial charge in [-0.2, -0.15) is 0 Å². The number of hydrogen-bond acceptors (Lipinski definition) is 4. The van der Waals surface area contributed by atoms with E-state index in [0.717, 1.165) is 12.8 Å². The van der Waals surface area contributed by atoms with Crippen LogP contribution in [0.25, 0.3) is 0 Å². The van der Waals surface area contributed by atoms with E-state index in [1.807, 2.05) is 0 Å². The first-order valence-corrected chi connectivity index (χ1v) is 4.95. The van der Waals surface area contributed by atoms with Crippen LogP contribution in [-0.4, -0.2) is 21.7 Å². The molecular formula is C11H12N2O2. The molecule has 2 rings (SSSR count). The fourth-order valence-corrected chi connectivity index (χ4v) is 1.47. The molecule has 0 radical (unpaired) electrons. The third kappa shape index (κ3) is 2.40. The van der Waals surface area contributed by atoms with E-state index >= 15 is 0 Å². The Bertz CT molecular complexity index is 383. The van der Waals surface area contributed by atoms with E-state index in [-0.39, 0.29) is 12.2 Å². The van der Waals surface area contributed by atoms with Gasteiger partial charge in [0.15, 0.2) is 5.78 Å². The maximum Gasteiger partial charge on any atom is 0.170 e. The molecule has 0 amide bonds. The van der Waals surface area contributed by atoms with Gasteiger partial charge in [-0.15, -0.1) is 0 Å². The summed E-state index contributed by atoms with van der Waals surface area (Å²) in [5, 5.41) is 11.9. The van der Waals surface area contributed by atoms with Gasteiger partial charge in [-0.05, 0) is 25.0 Å². The summed E-state index contributed by atoms with van der Waals surface area (Å²) in [6.45, 7) is 0. The highest BCUT2D eigenvalue weighted by atomic mass is 16.4. The lowest BCUT2D eigenvalue weighted by atomic mass is 10.1. The van der Waals surface area contributed by atoms with Crippen LogP contribution in [0.5, 0.6) is 0 Å². The molecule has 78 valence electrons. The normalized spacial score (nSPS) is 16.4. The predicted octanol–water partition coefficient (Wildman–Crippen LogP) is 1.89. The molecular weight excluding hydrogens is 192 g/mol. The smallest absolute Gasteiger partial charge is 0.170 e. The number of carbonyl (C=O) groups is 1. The van der Waals surface area contributed by atoms with E-state index in [1.54, 1.807) is 18.3 Å². The summed E-state index contributed by atoms with van der Waals surface area (Å²) in [5.41, 5.74) is 1.17. The number of nitrogens with zero attached hydrogens (tertiary/aromatic N) is 2. The Morgan fingerprint density at radius 2 is 2.40 bits per heavy atom. The lowest BCUT2D eigenvalue weighted by Gasteiger charge is -2.01. The van der Waals surface area contributed by atoms with Crippen molar-refractivity contribution in [3.05, 3.63) is 30.1 Å². The monoisotopic (exact) mass is 204 g/mol. The van der Waals surface area contributed by atoms with Crippen LogP contribution in [-0.2, 0) is 0 Å². The van der Waals surface area contributed by atoms with Gasteiger partial charge in [0.25, 0.3) is 0 Å². The van der Waals surface area contributed by atoms with Crippen molar-refractivity contribution >= 4 is 11.5 Å². The summed E-state index contributed by atoms with van der Waals surface area (Å²) in [5.74, 6) is 0.276. The van der Waals surface area contributed by atoms with Crippen molar-refractivity contribution in [2.45, 2.75) is 19.3 Å². The van der Waals surface area contributed by atoms with Crippen LogP contribution in [0.4, 0.5) is 0 Å². The molecule has 0 atom stereocenters. The first kappa shape index (κ1) is 9.83. The van der Waals surface area contributed by atoms with Gasteiger partial charge in [0.2, 0.25) is 0 Å². The van der Waals surface area contributed by atoms with E-state index in [1.165, 1.54) is 6.20 Å². The second kappa shape index (κ2) is 4.21. The van der Waals surface area contributed by atoms with Gasteiger partial charge in [-0.1, -0.05) is 5.16 Å². The number of oxime groups is 1. The molecule has 1 fully saturated rings. The average Bonchev–Trinajstić information content (AvgIpc) is 3.10. The second-order valence-electron chi connectivity index (χ2n) is 3.71. The maximum atomic E-state index is 11.7. The standard InChI is InChI=1S/C11H12N2O2/c14-11(9-2-1-5-12-7-9)6-10(13-15)8-3-4-8/h1-2,5,7-8,15H,3-4,6H2/b13-10-. The quantitative estimate of drug-likeness (QED) is 0.352. The van der Waals surface area contributed by atoms with Gasteiger partial charge in [-0.25, -0.2) is 0 Å². The van der Waals surface area contributed by atoms with Crippen LogP contribution in [0.1, 0.15) is 29.6 Å². The Labute approximate surface area is 87.6 Å². The van der Waals surface area contributed by atoms with E-state index in [2.05, 4.69) is 10.1 Å². The zero-order valence-electron chi connectivity index (χ0n) is 8.26. The first-order valence-electron chi connectivity index (χ1n) is 4.95. The van der Waals surface area contributed by atoms with Crippen molar-refractivity contribution in [1.82, 2.24) is 4.98 Å². The number of pyridine rings is 1. The molecule has 1 N–H and O–H groups in total. The number of aromatic nitrogens is 1. The van der Waals surface area contributed by atoms with E-state index in [4.69, 9.17) is 5.21 Å². The average molecular weight is 204 g/mol. The Morgan fingerprint density at radius 3 is 2.93 bits per heavy atom. The highest BCUT2D eigenvalue weighted by Crippen LogP contribution is 2.32. The largest absolute Gasteiger partial charge is 0.411 e. The van der Waals surface area contributed by atoms with Crippen LogP contribution in [0.3, 0.4) is 0 Å². The Morgan fingerprint density at radius 1 is 1.60 bits per heavy atom. The van der Waals surface area contributed by atoms with E-state index in [0.29, 0.717) is 17.2 Å². The Hall–Kier alpha value is -1.71. The number of ketones is 1. The Kier molecular flexibility index (Phi) is 2.76. The molecule has 1 aliphatic rings. The summed E-state index contributed by atoms with van der Waals surface area (Å²) in [4.78, 5) is 15.6. The lowest BCUT2D eigenvalue weighted by molar-refractivity contribution is 0.0998. The van der Waals surface area contributed by atoms with Gasteiger partial charge < -0.3 is 5.21 Å². The summed E-state index contributed by atoms with van der Waals surface area (Å²) >= 11 is 0. The molecule has 0 unspecified atom stereocenters. The summed E-state index contributed by atoms with van der Waals surface area (Å²) in [6, 6.07) is 3.44. The highest BCUT2D eigenvalue weighted by molar-refractivity contribution is 6.10. The molecule has 4 heteroatoms. The number of rotatable bonds is 4.